The van der Waals surface area contributed by atoms with Gasteiger partial charge >= 0.3 is 0 Å². The van der Waals surface area contributed by atoms with Gasteiger partial charge in [0.25, 0.3) is 0 Å². The molecule has 0 spiro atoms. The molecule has 0 N–H and O–H groups in total. The lowest BCUT2D eigenvalue weighted by molar-refractivity contribution is 0.617. The molecule has 0 aliphatic rings. The molecule has 0 radical (unpaired) electrons. The number of aromatic nitrogens is 4. The molecule has 5 heteroatoms. The molecule has 10 rings (SSSR count). The minimum atomic E-state index is 0.495. The summed E-state index contributed by atoms with van der Waals surface area (Å²) in [6.45, 7) is 0. The Bertz CT molecular complexity index is 2760. The SMILES string of the molecule is c1ccc(-c2cc(-n3c4ccccc4c4ccc5c6ccccc6n(-c6ccccc6)c5c43)cc(-c3nc4ccccc4o3)n2)cc1. The first-order chi connectivity index (χ1) is 23.3. The van der Waals surface area contributed by atoms with Crippen molar-refractivity contribution in [3.63, 3.8) is 0 Å². The maximum atomic E-state index is 6.29. The summed E-state index contributed by atoms with van der Waals surface area (Å²) >= 11 is 0. The largest absolute Gasteiger partial charge is 0.435 e. The van der Waals surface area contributed by atoms with Gasteiger partial charge in [-0.25, -0.2) is 9.97 Å². The van der Waals surface area contributed by atoms with Crippen LogP contribution in [-0.4, -0.2) is 19.1 Å². The van der Waals surface area contributed by atoms with E-state index in [0.717, 1.165) is 50.3 Å². The lowest BCUT2D eigenvalue weighted by atomic mass is 10.1. The zero-order valence-corrected chi connectivity index (χ0v) is 25.2. The Hall–Kier alpha value is -6.46. The fraction of sp³-hybridized carbons (Fsp3) is 0. The van der Waals surface area contributed by atoms with Crippen molar-refractivity contribution in [2.45, 2.75) is 0 Å². The van der Waals surface area contributed by atoms with Gasteiger partial charge in [-0.05, 0) is 48.5 Å². The van der Waals surface area contributed by atoms with Crippen molar-refractivity contribution in [3.05, 3.63) is 158 Å². The van der Waals surface area contributed by atoms with E-state index in [1.807, 2.05) is 42.5 Å². The molecule has 0 fully saturated rings. The van der Waals surface area contributed by atoms with Gasteiger partial charge in [-0.2, -0.15) is 0 Å². The Labute approximate surface area is 269 Å². The number of rotatable bonds is 4. The molecule has 220 valence electrons. The van der Waals surface area contributed by atoms with Crippen LogP contribution in [-0.2, 0) is 0 Å². The molecule has 5 nitrogen and oxygen atoms in total. The molecule has 4 heterocycles. The summed E-state index contributed by atoms with van der Waals surface area (Å²) in [5, 5.41) is 4.81. The maximum absolute atomic E-state index is 6.29. The van der Waals surface area contributed by atoms with Crippen molar-refractivity contribution in [3.8, 4) is 34.2 Å². The van der Waals surface area contributed by atoms with E-state index in [9.17, 15) is 0 Å². The van der Waals surface area contributed by atoms with Crippen molar-refractivity contribution in [1.82, 2.24) is 19.1 Å². The highest BCUT2D eigenvalue weighted by Crippen LogP contribution is 2.42. The van der Waals surface area contributed by atoms with E-state index in [4.69, 9.17) is 14.4 Å². The molecule has 0 aliphatic carbocycles. The molecule has 0 saturated carbocycles. The third-order valence-electron chi connectivity index (χ3n) is 9.13. The Morgan fingerprint density at radius 3 is 1.66 bits per heavy atom. The molecule has 0 amide bonds. The Morgan fingerprint density at radius 1 is 0.426 bits per heavy atom. The van der Waals surface area contributed by atoms with E-state index < -0.39 is 0 Å². The second kappa shape index (κ2) is 10.0. The molecular weight excluding hydrogens is 576 g/mol. The van der Waals surface area contributed by atoms with Gasteiger partial charge in [0.2, 0.25) is 5.89 Å². The van der Waals surface area contributed by atoms with Gasteiger partial charge in [0.15, 0.2) is 5.58 Å². The van der Waals surface area contributed by atoms with Crippen LogP contribution in [0, 0.1) is 0 Å². The normalized spacial score (nSPS) is 11.8. The summed E-state index contributed by atoms with van der Waals surface area (Å²) in [6, 6.07) is 55.0. The topological polar surface area (TPSA) is 48.8 Å². The minimum absolute atomic E-state index is 0.495. The van der Waals surface area contributed by atoms with Crippen LogP contribution >= 0.6 is 0 Å². The van der Waals surface area contributed by atoms with E-state index >= 15 is 0 Å². The number of benzene rings is 6. The molecule has 0 bridgehead atoms. The highest BCUT2D eigenvalue weighted by molar-refractivity contribution is 6.23. The maximum Gasteiger partial charge on any atom is 0.246 e. The third kappa shape index (κ3) is 3.90. The van der Waals surface area contributed by atoms with Crippen LogP contribution in [0.1, 0.15) is 0 Å². The van der Waals surface area contributed by atoms with Crippen molar-refractivity contribution >= 4 is 54.7 Å². The zero-order chi connectivity index (χ0) is 30.9. The van der Waals surface area contributed by atoms with E-state index in [0.29, 0.717) is 11.6 Å². The fourth-order valence-electron chi connectivity index (χ4n) is 7.11. The first-order valence-electron chi connectivity index (χ1n) is 15.8. The first kappa shape index (κ1) is 25.8. The van der Waals surface area contributed by atoms with Gasteiger partial charge in [0.1, 0.15) is 11.2 Å². The highest BCUT2D eigenvalue weighted by atomic mass is 16.3. The summed E-state index contributed by atoms with van der Waals surface area (Å²) in [4.78, 5) is 9.98. The van der Waals surface area contributed by atoms with Crippen LogP contribution in [0.15, 0.2) is 162 Å². The summed E-state index contributed by atoms with van der Waals surface area (Å²) in [6.07, 6.45) is 0. The van der Waals surface area contributed by atoms with E-state index in [-0.39, 0.29) is 0 Å². The number of oxazole rings is 1. The average molecular weight is 603 g/mol. The summed E-state index contributed by atoms with van der Waals surface area (Å²) in [5.74, 6) is 0.495. The molecule has 0 atom stereocenters. The molecule has 6 aromatic carbocycles. The van der Waals surface area contributed by atoms with Gasteiger partial charge in [-0.15, -0.1) is 0 Å². The molecular formula is C42H26N4O. The average Bonchev–Trinajstić information content (AvgIpc) is 3.83. The van der Waals surface area contributed by atoms with Crippen LogP contribution in [0.4, 0.5) is 0 Å². The van der Waals surface area contributed by atoms with Crippen LogP contribution < -0.4 is 0 Å². The number of pyridine rings is 1. The standard InChI is InChI=1S/C42H26N4O/c1-3-13-27(14-4-1)35-25-29(26-36(43-35)42-44-34-19-9-12-22-39(34)47-42)46-38-21-11-8-18-31(38)33-24-23-32-30-17-7-10-20-37(30)45(40(32)41(33)46)28-15-5-2-6-16-28/h1-26H. The summed E-state index contributed by atoms with van der Waals surface area (Å²) in [7, 11) is 0. The Balaban J connectivity index is 1.37. The third-order valence-corrected chi connectivity index (χ3v) is 9.13. The number of fused-ring (bicyclic) bond motifs is 8. The highest BCUT2D eigenvalue weighted by Gasteiger charge is 2.22. The van der Waals surface area contributed by atoms with Gasteiger partial charge in [-0.3, -0.25) is 0 Å². The lowest BCUT2D eigenvalue weighted by Crippen LogP contribution is -2.00. The molecule has 4 aromatic heterocycles. The molecule has 10 aromatic rings. The summed E-state index contributed by atoms with van der Waals surface area (Å²) < 4.78 is 11.1. The second-order valence-corrected chi connectivity index (χ2v) is 11.8. The van der Waals surface area contributed by atoms with Crippen LogP contribution in [0.5, 0.6) is 0 Å². The predicted octanol–water partition coefficient (Wildman–Crippen LogP) is 10.8. The minimum Gasteiger partial charge on any atom is -0.435 e. The van der Waals surface area contributed by atoms with Crippen LogP contribution in [0.25, 0.3) is 88.9 Å². The second-order valence-electron chi connectivity index (χ2n) is 11.8. The summed E-state index contributed by atoms with van der Waals surface area (Å²) in [5.41, 5.74) is 10.8. The lowest BCUT2D eigenvalue weighted by Gasteiger charge is -2.14. The Kier molecular flexibility index (Phi) is 5.51. The Morgan fingerprint density at radius 2 is 0.979 bits per heavy atom. The van der Waals surface area contributed by atoms with E-state index in [1.165, 1.54) is 27.1 Å². The van der Waals surface area contributed by atoms with Crippen LogP contribution in [0.2, 0.25) is 0 Å². The van der Waals surface area contributed by atoms with E-state index in [2.05, 4.69) is 124 Å². The van der Waals surface area contributed by atoms with Gasteiger partial charge in [0, 0.05) is 32.8 Å². The van der Waals surface area contributed by atoms with Crippen molar-refractivity contribution in [1.29, 1.82) is 0 Å². The van der Waals surface area contributed by atoms with Gasteiger partial charge in [0.05, 0.1) is 33.4 Å². The fourth-order valence-corrected chi connectivity index (χ4v) is 7.11. The van der Waals surface area contributed by atoms with E-state index in [1.54, 1.807) is 0 Å². The molecule has 0 unspecified atom stereocenters. The van der Waals surface area contributed by atoms with Crippen molar-refractivity contribution in [2.75, 3.05) is 0 Å². The van der Waals surface area contributed by atoms with Crippen LogP contribution in [0.3, 0.4) is 0 Å². The monoisotopic (exact) mass is 602 g/mol. The zero-order valence-electron chi connectivity index (χ0n) is 25.2. The molecule has 47 heavy (non-hydrogen) atoms. The van der Waals surface area contributed by atoms with Gasteiger partial charge in [-0.1, -0.05) is 109 Å². The number of nitrogens with zero attached hydrogens (tertiary/aromatic N) is 4. The van der Waals surface area contributed by atoms with Crippen molar-refractivity contribution in [2.24, 2.45) is 0 Å². The smallest absolute Gasteiger partial charge is 0.246 e. The first-order valence-corrected chi connectivity index (χ1v) is 15.8. The number of hydrogen-bond acceptors (Lipinski definition) is 3. The predicted molar refractivity (Wildman–Crippen MR) is 191 cm³/mol. The molecule has 0 aliphatic heterocycles. The molecule has 0 saturated heterocycles. The quantitative estimate of drug-likeness (QED) is 0.201. The van der Waals surface area contributed by atoms with Crippen molar-refractivity contribution < 1.29 is 4.42 Å². The number of para-hydroxylation sites is 5. The number of hydrogen-bond donors (Lipinski definition) is 0. The van der Waals surface area contributed by atoms with Gasteiger partial charge < -0.3 is 13.6 Å².